The molecule has 28 heavy (non-hydrogen) atoms. The summed E-state index contributed by atoms with van der Waals surface area (Å²) in [5.74, 6) is 1.28. The number of nitrogens with zero attached hydrogens (tertiary/aromatic N) is 3. The third-order valence-corrected chi connectivity index (χ3v) is 5.97. The third kappa shape index (κ3) is 2.84. The van der Waals surface area contributed by atoms with E-state index in [0.29, 0.717) is 5.56 Å². The van der Waals surface area contributed by atoms with Gasteiger partial charge in [-0.1, -0.05) is 23.5 Å². The van der Waals surface area contributed by atoms with Gasteiger partial charge in [-0.05, 0) is 55.7 Å². The number of nitrogens with one attached hydrogen (secondary N) is 1. The van der Waals surface area contributed by atoms with Crippen molar-refractivity contribution in [3.05, 3.63) is 65.4 Å². The highest BCUT2D eigenvalue weighted by Gasteiger charge is 2.26. The zero-order valence-corrected chi connectivity index (χ0v) is 16.1. The van der Waals surface area contributed by atoms with Gasteiger partial charge in [0.25, 0.3) is 5.91 Å². The summed E-state index contributed by atoms with van der Waals surface area (Å²) in [5.41, 5.74) is 3.67. The molecule has 1 N–H and O–H groups in total. The van der Waals surface area contributed by atoms with Gasteiger partial charge in [-0.15, -0.1) is 0 Å². The molecule has 7 heteroatoms. The first kappa shape index (κ1) is 16.9. The Bertz CT molecular complexity index is 1140. The molecule has 1 aliphatic carbocycles. The van der Waals surface area contributed by atoms with Gasteiger partial charge in [-0.25, -0.2) is 4.98 Å². The molecule has 0 unspecified atom stereocenters. The van der Waals surface area contributed by atoms with E-state index >= 15 is 0 Å². The first-order chi connectivity index (χ1) is 13.7. The first-order valence-electron chi connectivity index (χ1n) is 9.15. The smallest absolute Gasteiger partial charge is 0.256 e. The van der Waals surface area contributed by atoms with Crippen LogP contribution >= 0.6 is 11.3 Å². The minimum atomic E-state index is -0.167. The first-order valence-corrected chi connectivity index (χ1v) is 9.97. The Labute approximate surface area is 165 Å². The number of hydrogen-bond acceptors (Lipinski definition) is 5. The van der Waals surface area contributed by atoms with E-state index < -0.39 is 0 Å². The summed E-state index contributed by atoms with van der Waals surface area (Å²) in [5, 5.41) is 8.60. The summed E-state index contributed by atoms with van der Waals surface area (Å²) in [4.78, 5) is 17.6. The second kappa shape index (κ2) is 6.76. The lowest BCUT2D eigenvalue weighted by molar-refractivity contribution is 0.102. The normalized spacial score (nSPS) is 12.9. The predicted octanol–water partition coefficient (Wildman–Crippen LogP) is 4.23. The van der Waals surface area contributed by atoms with Crippen LogP contribution in [-0.2, 0) is 12.8 Å². The van der Waals surface area contributed by atoms with E-state index in [2.05, 4.69) is 5.32 Å². The van der Waals surface area contributed by atoms with E-state index in [0.717, 1.165) is 57.4 Å². The Morgan fingerprint density at radius 1 is 1.14 bits per heavy atom. The summed E-state index contributed by atoms with van der Waals surface area (Å²) < 4.78 is 8.05. The highest BCUT2D eigenvalue weighted by atomic mass is 32.1. The fourth-order valence-electron chi connectivity index (χ4n) is 3.53. The molecule has 1 amide bonds. The Balaban J connectivity index is 1.54. The molecule has 1 aliphatic rings. The molecule has 6 nitrogen and oxygen atoms in total. The average molecular weight is 390 g/mol. The van der Waals surface area contributed by atoms with Crippen molar-refractivity contribution >= 4 is 33.3 Å². The van der Waals surface area contributed by atoms with Crippen LogP contribution < -0.4 is 10.1 Å². The highest BCUT2D eigenvalue weighted by Crippen LogP contribution is 2.34. The number of thiazole rings is 1. The number of benzene rings is 2. The summed E-state index contributed by atoms with van der Waals surface area (Å²) in [6, 6.07) is 15.1. The van der Waals surface area contributed by atoms with Gasteiger partial charge in [-0.2, -0.15) is 9.78 Å². The van der Waals surface area contributed by atoms with Crippen molar-refractivity contribution in [2.24, 2.45) is 0 Å². The highest BCUT2D eigenvalue weighted by molar-refractivity contribution is 7.20. The summed E-state index contributed by atoms with van der Waals surface area (Å²) in [7, 11) is 1.61. The van der Waals surface area contributed by atoms with Gasteiger partial charge in [0.2, 0.25) is 5.13 Å². The topological polar surface area (TPSA) is 69.0 Å². The zero-order valence-electron chi connectivity index (χ0n) is 15.3. The standard InChI is InChI=1S/C21H18N4O2S/c1-27-14-11-9-13(10-12-14)20(26)23-19-15-5-4-7-16(15)24-25(19)21-22-17-6-2-3-8-18(17)28-21/h2-3,6,8-12H,4-5,7H2,1H3,(H,23,26). The largest absolute Gasteiger partial charge is 0.497 e. The molecule has 2 aromatic carbocycles. The van der Waals surface area contributed by atoms with Crippen LogP contribution in [0.2, 0.25) is 0 Å². The van der Waals surface area contributed by atoms with Gasteiger partial charge in [0, 0.05) is 11.1 Å². The van der Waals surface area contributed by atoms with Crippen LogP contribution in [0.15, 0.2) is 48.5 Å². The predicted molar refractivity (Wildman–Crippen MR) is 110 cm³/mol. The number of amides is 1. The molecule has 4 aromatic rings. The zero-order chi connectivity index (χ0) is 19.1. The maximum absolute atomic E-state index is 12.9. The number of aromatic nitrogens is 3. The van der Waals surface area contributed by atoms with Gasteiger partial charge < -0.3 is 10.1 Å². The molecule has 0 atom stereocenters. The van der Waals surface area contributed by atoms with Crippen LogP contribution in [-0.4, -0.2) is 27.8 Å². The van der Waals surface area contributed by atoms with E-state index in [1.807, 2.05) is 24.3 Å². The molecule has 2 heterocycles. The van der Waals surface area contributed by atoms with Crippen molar-refractivity contribution in [2.75, 3.05) is 12.4 Å². The van der Waals surface area contributed by atoms with E-state index in [9.17, 15) is 4.79 Å². The van der Waals surface area contributed by atoms with Crippen LogP contribution in [0.5, 0.6) is 5.75 Å². The van der Waals surface area contributed by atoms with E-state index in [4.69, 9.17) is 14.8 Å². The van der Waals surface area contributed by atoms with E-state index in [-0.39, 0.29) is 5.91 Å². The van der Waals surface area contributed by atoms with Crippen LogP contribution in [0, 0.1) is 0 Å². The number of para-hydroxylation sites is 1. The molecule has 0 fully saturated rings. The van der Waals surface area contributed by atoms with Crippen molar-refractivity contribution < 1.29 is 9.53 Å². The van der Waals surface area contributed by atoms with Crippen molar-refractivity contribution in [2.45, 2.75) is 19.3 Å². The number of ether oxygens (including phenoxy) is 1. The third-order valence-electron chi connectivity index (χ3n) is 4.95. The maximum Gasteiger partial charge on any atom is 0.256 e. The molecule has 5 rings (SSSR count). The van der Waals surface area contributed by atoms with Gasteiger partial charge in [-0.3, -0.25) is 4.79 Å². The molecule has 0 spiro atoms. The minimum absolute atomic E-state index is 0.167. The van der Waals surface area contributed by atoms with Crippen molar-refractivity contribution in [3.63, 3.8) is 0 Å². The van der Waals surface area contributed by atoms with Crippen molar-refractivity contribution in [1.82, 2.24) is 14.8 Å². The quantitative estimate of drug-likeness (QED) is 0.566. The molecular weight excluding hydrogens is 372 g/mol. The SMILES string of the molecule is COc1ccc(C(=O)Nc2c3c(nn2-c2nc4ccccc4s2)CCC3)cc1. The van der Waals surface area contributed by atoms with E-state index in [1.165, 1.54) is 0 Å². The van der Waals surface area contributed by atoms with Gasteiger partial charge >= 0.3 is 0 Å². The Hall–Kier alpha value is -3.19. The van der Waals surface area contributed by atoms with E-state index in [1.54, 1.807) is 47.4 Å². The molecular formula is C21H18N4O2S. The fraction of sp³-hybridized carbons (Fsp3) is 0.190. The van der Waals surface area contributed by atoms with Crippen LogP contribution in [0.25, 0.3) is 15.3 Å². The number of carbonyl (C=O) groups excluding carboxylic acids is 1. The molecule has 0 bridgehead atoms. The number of aryl methyl sites for hydroxylation is 1. The van der Waals surface area contributed by atoms with Gasteiger partial charge in [0.05, 0.1) is 23.0 Å². The summed E-state index contributed by atoms with van der Waals surface area (Å²) >= 11 is 1.57. The Morgan fingerprint density at radius 2 is 1.96 bits per heavy atom. The minimum Gasteiger partial charge on any atom is -0.497 e. The summed E-state index contributed by atoms with van der Waals surface area (Å²) in [6.07, 6.45) is 2.90. The number of carbonyl (C=O) groups is 1. The average Bonchev–Trinajstić information content (AvgIpc) is 3.43. The molecule has 0 saturated carbocycles. The lowest BCUT2D eigenvalue weighted by Crippen LogP contribution is -2.16. The van der Waals surface area contributed by atoms with Crippen molar-refractivity contribution in [3.8, 4) is 10.9 Å². The molecule has 0 radical (unpaired) electrons. The fourth-order valence-corrected chi connectivity index (χ4v) is 4.46. The number of methoxy groups -OCH3 is 1. The molecule has 0 saturated heterocycles. The number of hydrogen-bond donors (Lipinski definition) is 1. The Morgan fingerprint density at radius 3 is 2.75 bits per heavy atom. The molecule has 2 aromatic heterocycles. The second-order valence-corrected chi connectivity index (χ2v) is 7.70. The summed E-state index contributed by atoms with van der Waals surface area (Å²) in [6.45, 7) is 0. The van der Waals surface area contributed by atoms with Crippen LogP contribution in [0.4, 0.5) is 5.82 Å². The monoisotopic (exact) mass is 390 g/mol. The molecule has 0 aliphatic heterocycles. The number of rotatable bonds is 4. The number of anilines is 1. The number of fused-ring (bicyclic) bond motifs is 2. The molecule has 140 valence electrons. The van der Waals surface area contributed by atoms with Crippen molar-refractivity contribution in [1.29, 1.82) is 0 Å². The van der Waals surface area contributed by atoms with Crippen LogP contribution in [0.1, 0.15) is 28.0 Å². The van der Waals surface area contributed by atoms with Gasteiger partial charge in [0.1, 0.15) is 11.6 Å². The lowest BCUT2D eigenvalue weighted by atomic mass is 10.2. The second-order valence-electron chi connectivity index (χ2n) is 6.69. The lowest BCUT2D eigenvalue weighted by Gasteiger charge is -2.09. The Kier molecular flexibility index (Phi) is 4.09. The van der Waals surface area contributed by atoms with Gasteiger partial charge in [0.15, 0.2) is 0 Å². The maximum atomic E-state index is 12.9. The van der Waals surface area contributed by atoms with Crippen LogP contribution in [0.3, 0.4) is 0 Å².